The smallest absolute Gasteiger partial charge is 0.208 e. The van der Waals surface area contributed by atoms with E-state index in [1.165, 1.54) is 0 Å². The molecule has 5 heteroatoms. The highest BCUT2D eigenvalue weighted by Crippen LogP contribution is 1.98. The number of guanidine groups is 1. The summed E-state index contributed by atoms with van der Waals surface area (Å²) in [5, 5.41) is 0. The van der Waals surface area contributed by atoms with Gasteiger partial charge in [0.15, 0.2) is 0 Å². The lowest BCUT2D eigenvalue weighted by Crippen LogP contribution is -2.43. The van der Waals surface area contributed by atoms with E-state index in [9.17, 15) is 0 Å². The zero-order valence-corrected chi connectivity index (χ0v) is 11.4. The third-order valence-corrected chi connectivity index (χ3v) is 2.53. The molecule has 0 fully saturated rings. The van der Waals surface area contributed by atoms with Gasteiger partial charge in [-0.25, -0.2) is 5.84 Å². The standard InChI is InChI=1S/C13H23N5/c1-11(2)10-16-13(17-14)18(3)9-7-12-6-4-5-8-15-12/h4-6,8,11H,7,9-10,14H2,1-3H3,(H,16,17). The van der Waals surface area contributed by atoms with Crippen LogP contribution in [-0.2, 0) is 6.42 Å². The predicted molar refractivity (Wildman–Crippen MR) is 75.0 cm³/mol. The van der Waals surface area contributed by atoms with Crippen LogP contribution in [0.5, 0.6) is 0 Å². The Morgan fingerprint density at radius 3 is 2.83 bits per heavy atom. The van der Waals surface area contributed by atoms with Gasteiger partial charge < -0.3 is 4.90 Å². The number of rotatable bonds is 5. The number of pyridine rings is 1. The summed E-state index contributed by atoms with van der Waals surface area (Å²) in [5.41, 5.74) is 3.72. The van der Waals surface area contributed by atoms with Crippen LogP contribution in [-0.4, -0.2) is 36.0 Å². The van der Waals surface area contributed by atoms with Crippen molar-refractivity contribution >= 4 is 5.96 Å². The van der Waals surface area contributed by atoms with Crippen LogP contribution in [0, 0.1) is 5.92 Å². The highest BCUT2D eigenvalue weighted by atomic mass is 15.4. The van der Waals surface area contributed by atoms with Gasteiger partial charge in [-0.15, -0.1) is 0 Å². The first kappa shape index (κ1) is 14.4. The lowest BCUT2D eigenvalue weighted by Gasteiger charge is -2.20. The molecule has 1 heterocycles. The molecule has 0 aliphatic heterocycles. The zero-order chi connectivity index (χ0) is 13.4. The van der Waals surface area contributed by atoms with Crippen molar-refractivity contribution in [2.45, 2.75) is 20.3 Å². The second-order valence-corrected chi connectivity index (χ2v) is 4.70. The van der Waals surface area contributed by atoms with Gasteiger partial charge >= 0.3 is 0 Å². The van der Waals surface area contributed by atoms with E-state index < -0.39 is 0 Å². The van der Waals surface area contributed by atoms with Crippen molar-refractivity contribution in [3.8, 4) is 0 Å². The number of nitrogens with zero attached hydrogens (tertiary/aromatic N) is 3. The maximum Gasteiger partial charge on any atom is 0.208 e. The maximum atomic E-state index is 5.49. The van der Waals surface area contributed by atoms with Crippen LogP contribution in [0.1, 0.15) is 19.5 Å². The van der Waals surface area contributed by atoms with Crippen molar-refractivity contribution in [1.82, 2.24) is 15.3 Å². The molecule has 5 nitrogen and oxygen atoms in total. The van der Waals surface area contributed by atoms with E-state index in [1.54, 1.807) is 0 Å². The minimum absolute atomic E-state index is 0.526. The van der Waals surface area contributed by atoms with Crippen LogP contribution >= 0.6 is 0 Å². The quantitative estimate of drug-likeness (QED) is 0.354. The molecule has 0 aromatic carbocycles. The van der Waals surface area contributed by atoms with Gasteiger partial charge in [-0.3, -0.25) is 15.4 Å². The molecule has 0 aliphatic rings. The van der Waals surface area contributed by atoms with Crippen LogP contribution in [0.15, 0.2) is 29.4 Å². The minimum Gasteiger partial charge on any atom is -0.345 e. The number of hydrogen-bond donors (Lipinski definition) is 2. The summed E-state index contributed by atoms with van der Waals surface area (Å²) in [6, 6.07) is 5.94. The number of hydrogen-bond acceptors (Lipinski definition) is 3. The van der Waals surface area contributed by atoms with Gasteiger partial charge in [0.25, 0.3) is 0 Å². The highest BCUT2D eigenvalue weighted by molar-refractivity contribution is 5.79. The average molecular weight is 249 g/mol. The molecule has 1 aromatic heterocycles. The molecule has 1 rings (SSSR count). The summed E-state index contributed by atoms with van der Waals surface area (Å²) < 4.78 is 0. The third kappa shape index (κ3) is 5.14. The van der Waals surface area contributed by atoms with E-state index in [0.29, 0.717) is 5.92 Å². The van der Waals surface area contributed by atoms with Crippen molar-refractivity contribution in [2.75, 3.05) is 20.1 Å². The fourth-order valence-corrected chi connectivity index (χ4v) is 1.48. The van der Waals surface area contributed by atoms with Crippen molar-refractivity contribution < 1.29 is 0 Å². The van der Waals surface area contributed by atoms with Gasteiger partial charge in [0.2, 0.25) is 5.96 Å². The summed E-state index contributed by atoms with van der Waals surface area (Å²) in [5.74, 6) is 6.74. The van der Waals surface area contributed by atoms with Gasteiger partial charge in [0.05, 0.1) is 0 Å². The first-order chi connectivity index (χ1) is 8.63. The fraction of sp³-hybridized carbons (Fsp3) is 0.538. The van der Waals surface area contributed by atoms with E-state index in [4.69, 9.17) is 5.84 Å². The number of hydrazine groups is 1. The summed E-state index contributed by atoms with van der Waals surface area (Å²) in [6.45, 7) is 5.86. The largest absolute Gasteiger partial charge is 0.345 e. The van der Waals surface area contributed by atoms with Crippen LogP contribution in [0.25, 0.3) is 0 Å². The van der Waals surface area contributed by atoms with Gasteiger partial charge in [-0.1, -0.05) is 19.9 Å². The normalized spacial score (nSPS) is 11.7. The zero-order valence-electron chi connectivity index (χ0n) is 11.4. The molecule has 0 saturated carbocycles. The Kier molecular flexibility index (Phi) is 6.14. The molecule has 0 aliphatic carbocycles. The van der Waals surface area contributed by atoms with Gasteiger partial charge in [0.1, 0.15) is 0 Å². The Hall–Kier alpha value is -1.62. The molecule has 0 radical (unpaired) electrons. The van der Waals surface area contributed by atoms with Crippen molar-refractivity contribution in [2.24, 2.45) is 16.8 Å². The number of aromatic nitrogens is 1. The maximum absolute atomic E-state index is 5.49. The monoisotopic (exact) mass is 249 g/mol. The Bertz CT molecular complexity index is 361. The van der Waals surface area contributed by atoms with Crippen molar-refractivity contribution in [3.63, 3.8) is 0 Å². The molecule has 0 unspecified atom stereocenters. The number of nitrogens with one attached hydrogen (secondary N) is 1. The topological polar surface area (TPSA) is 66.5 Å². The Morgan fingerprint density at radius 1 is 1.50 bits per heavy atom. The summed E-state index contributed by atoms with van der Waals surface area (Å²) >= 11 is 0. The summed E-state index contributed by atoms with van der Waals surface area (Å²) in [7, 11) is 1.97. The second kappa shape index (κ2) is 7.66. The van der Waals surface area contributed by atoms with Gasteiger partial charge in [0, 0.05) is 38.4 Å². The molecule has 0 atom stereocenters. The third-order valence-electron chi connectivity index (χ3n) is 2.53. The molecular formula is C13H23N5. The first-order valence-corrected chi connectivity index (χ1v) is 6.25. The van der Waals surface area contributed by atoms with Crippen molar-refractivity contribution in [1.29, 1.82) is 0 Å². The second-order valence-electron chi connectivity index (χ2n) is 4.70. The predicted octanol–water partition coefficient (Wildman–Crippen LogP) is 1.03. The first-order valence-electron chi connectivity index (χ1n) is 6.25. The lowest BCUT2D eigenvalue weighted by atomic mass is 10.2. The molecule has 100 valence electrons. The lowest BCUT2D eigenvalue weighted by molar-refractivity contribution is 0.479. The SMILES string of the molecule is CC(C)CN=C(NN)N(C)CCc1ccccn1. The average Bonchev–Trinajstić information content (AvgIpc) is 2.38. The van der Waals surface area contributed by atoms with E-state index in [0.717, 1.165) is 31.2 Å². The molecule has 18 heavy (non-hydrogen) atoms. The van der Waals surface area contributed by atoms with Crippen LogP contribution < -0.4 is 11.3 Å². The Balaban J connectivity index is 2.47. The minimum atomic E-state index is 0.526. The molecule has 0 saturated heterocycles. The molecule has 0 amide bonds. The van der Waals surface area contributed by atoms with E-state index in [-0.39, 0.29) is 0 Å². The van der Waals surface area contributed by atoms with Crippen LogP contribution in [0.3, 0.4) is 0 Å². The summed E-state index contributed by atoms with van der Waals surface area (Å²) in [4.78, 5) is 10.7. The van der Waals surface area contributed by atoms with E-state index in [2.05, 4.69) is 29.2 Å². The van der Waals surface area contributed by atoms with E-state index in [1.807, 2.05) is 36.3 Å². The Morgan fingerprint density at radius 2 is 2.28 bits per heavy atom. The fourth-order valence-electron chi connectivity index (χ4n) is 1.48. The highest BCUT2D eigenvalue weighted by Gasteiger charge is 2.05. The van der Waals surface area contributed by atoms with Crippen LogP contribution in [0.2, 0.25) is 0 Å². The molecular weight excluding hydrogens is 226 g/mol. The molecule has 1 aromatic rings. The van der Waals surface area contributed by atoms with Crippen LogP contribution in [0.4, 0.5) is 0 Å². The Labute approximate surface area is 109 Å². The number of likely N-dealkylation sites (N-methyl/N-ethyl adjacent to an activating group) is 1. The molecule has 3 N–H and O–H groups in total. The number of nitrogens with two attached hydrogens (primary N) is 1. The molecule has 0 spiro atoms. The van der Waals surface area contributed by atoms with Gasteiger partial charge in [-0.05, 0) is 18.1 Å². The van der Waals surface area contributed by atoms with Crippen molar-refractivity contribution in [3.05, 3.63) is 30.1 Å². The summed E-state index contributed by atoms with van der Waals surface area (Å²) in [6.07, 6.45) is 2.68. The molecule has 0 bridgehead atoms. The number of aliphatic imine (C=N–C) groups is 1. The van der Waals surface area contributed by atoms with E-state index >= 15 is 0 Å². The van der Waals surface area contributed by atoms with Gasteiger partial charge in [-0.2, -0.15) is 0 Å².